The van der Waals surface area contributed by atoms with E-state index in [-0.39, 0.29) is 18.5 Å². The van der Waals surface area contributed by atoms with Crippen molar-refractivity contribution in [1.29, 1.82) is 0 Å². The number of rotatable bonds is 5. The summed E-state index contributed by atoms with van der Waals surface area (Å²) in [5, 5.41) is 9.11. The number of imide groups is 1. The Morgan fingerprint density at radius 1 is 1.36 bits per heavy atom. The third-order valence-electron chi connectivity index (χ3n) is 3.72. The summed E-state index contributed by atoms with van der Waals surface area (Å²) in [4.78, 5) is 25.4. The Labute approximate surface area is 130 Å². The smallest absolute Gasteiger partial charge is 0.321 e. The zero-order valence-corrected chi connectivity index (χ0v) is 13.2. The number of hydrogen-bond donors (Lipinski definition) is 2. The molecule has 1 heterocycles. The number of nitrogens with one attached hydrogen (secondary N) is 2. The van der Waals surface area contributed by atoms with Gasteiger partial charge in [-0.15, -0.1) is 0 Å². The molecular formula is C15H24N4O3. The van der Waals surface area contributed by atoms with Crippen LogP contribution in [-0.2, 0) is 11.3 Å². The summed E-state index contributed by atoms with van der Waals surface area (Å²) in [5.74, 6) is 0.413. The van der Waals surface area contributed by atoms with E-state index in [0.29, 0.717) is 6.54 Å². The zero-order chi connectivity index (χ0) is 15.9. The van der Waals surface area contributed by atoms with Crippen molar-refractivity contribution in [2.24, 2.45) is 0 Å². The molecule has 0 radical (unpaired) electrons. The molecule has 2 rings (SSSR count). The first-order valence-corrected chi connectivity index (χ1v) is 7.74. The van der Waals surface area contributed by atoms with Gasteiger partial charge in [0.25, 0.3) is 0 Å². The first-order valence-electron chi connectivity index (χ1n) is 7.74. The molecule has 1 aromatic heterocycles. The van der Waals surface area contributed by atoms with Gasteiger partial charge in [0, 0.05) is 18.7 Å². The van der Waals surface area contributed by atoms with Gasteiger partial charge in [0.15, 0.2) is 0 Å². The molecule has 22 heavy (non-hydrogen) atoms. The first kappa shape index (κ1) is 16.5. The third kappa shape index (κ3) is 5.48. The molecule has 122 valence electrons. The minimum absolute atomic E-state index is 0.129. The second kappa shape index (κ2) is 7.93. The SMILES string of the molecule is Cc1cc(CN(C)CC(=O)NC(=O)NC2CCCCC2)no1. The Balaban J connectivity index is 1.68. The van der Waals surface area contributed by atoms with E-state index in [2.05, 4.69) is 15.8 Å². The van der Waals surface area contributed by atoms with Crippen molar-refractivity contribution in [2.45, 2.75) is 51.6 Å². The Morgan fingerprint density at radius 2 is 2.09 bits per heavy atom. The number of likely N-dealkylation sites (N-methyl/N-ethyl adjacent to an activating group) is 1. The minimum atomic E-state index is -0.400. The van der Waals surface area contributed by atoms with Crippen LogP contribution in [0.25, 0.3) is 0 Å². The molecule has 0 aromatic carbocycles. The number of carbonyl (C=O) groups is 2. The maximum Gasteiger partial charge on any atom is 0.321 e. The summed E-state index contributed by atoms with van der Waals surface area (Å²) in [6, 6.07) is 1.62. The maximum absolute atomic E-state index is 11.8. The van der Waals surface area contributed by atoms with E-state index in [1.165, 1.54) is 6.42 Å². The van der Waals surface area contributed by atoms with Gasteiger partial charge >= 0.3 is 6.03 Å². The molecule has 0 aliphatic heterocycles. The number of hydrogen-bond acceptors (Lipinski definition) is 5. The minimum Gasteiger partial charge on any atom is -0.361 e. The van der Waals surface area contributed by atoms with Crippen molar-refractivity contribution >= 4 is 11.9 Å². The van der Waals surface area contributed by atoms with Crippen molar-refractivity contribution in [1.82, 2.24) is 20.7 Å². The van der Waals surface area contributed by atoms with Crippen molar-refractivity contribution in [3.05, 3.63) is 17.5 Å². The fraction of sp³-hybridized carbons (Fsp3) is 0.667. The van der Waals surface area contributed by atoms with Crippen molar-refractivity contribution in [2.75, 3.05) is 13.6 Å². The number of urea groups is 1. The predicted octanol–water partition coefficient (Wildman–Crippen LogP) is 1.57. The van der Waals surface area contributed by atoms with Crippen LogP contribution in [-0.4, -0.2) is 41.6 Å². The van der Waals surface area contributed by atoms with E-state index in [9.17, 15) is 9.59 Å². The molecule has 7 nitrogen and oxygen atoms in total. The van der Waals surface area contributed by atoms with Crippen LogP contribution in [0.4, 0.5) is 4.79 Å². The summed E-state index contributed by atoms with van der Waals surface area (Å²) in [6.45, 7) is 2.44. The van der Waals surface area contributed by atoms with E-state index in [1.807, 2.05) is 13.0 Å². The number of aryl methyl sites for hydroxylation is 1. The van der Waals surface area contributed by atoms with Crippen molar-refractivity contribution in [3.63, 3.8) is 0 Å². The monoisotopic (exact) mass is 308 g/mol. The highest BCUT2D eigenvalue weighted by Gasteiger charge is 2.17. The van der Waals surface area contributed by atoms with Crippen molar-refractivity contribution < 1.29 is 14.1 Å². The topological polar surface area (TPSA) is 87.5 Å². The molecule has 0 spiro atoms. The Morgan fingerprint density at radius 3 is 2.73 bits per heavy atom. The average molecular weight is 308 g/mol. The molecule has 1 aromatic rings. The molecule has 1 saturated carbocycles. The molecule has 0 atom stereocenters. The summed E-state index contributed by atoms with van der Waals surface area (Å²) in [7, 11) is 1.79. The normalized spacial score (nSPS) is 15.8. The average Bonchev–Trinajstić information content (AvgIpc) is 2.84. The fourth-order valence-corrected chi connectivity index (χ4v) is 2.70. The quantitative estimate of drug-likeness (QED) is 0.862. The lowest BCUT2D eigenvalue weighted by Gasteiger charge is -2.23. The molecular weight excluding hydrogens is 284 g/mol. The highest BCUT2D eigenvalue weighted by molar-refractivity contribution is 5.95. The largest absolute Gasteiger partial charge is 0.361 e. The number of carbonyl (C=O) groups excluding carboxylic acids is 2. The third-order valence-corrected chi connectivity index (χ3v) is 3.72. The van der Waals surface area contributed by atoms with Crippen LogP contribution in [0.1, 0.15) is 43.6 Å². The van der Waals surface area contributed by atoms with Gasteiger partial charge < -0.3 is 9.84 Å². The first-order chi connectivity index (χ1) is 10.5. The Bertz CT molecular complexity index is 509. The van der Waals surface area contributed by atoms with Gasteiger partial charge in [0.1, 0.15) is 5.76 Å². The van der Waals surface area contributed by atoms with E-state index >= 15 is 0 Å². The van der Waals surface area contributed by atoms with Crippen LogP contribution in [0.5, 0.6) is 0 Å². The maximum atomic E-state index is 11.8. The molecule has 1 aliphatic rings. The van der Waals surface area contributed by atoms with Gasteiger partial charge in [-0.2, -0.15) is 0 Å². The predicted molar refractivity (Wildman–Crippen MR) is 81.1 cm³/mol. The summed E-state index contributed by atoms with van der Waals surface area (Å²) >= 11 is 0. The molecule has 7 heteroatoms. The van der Waals surface area contributed by atoms with Crippen molar-refractivity contribution in [3.8, 4) is 0 Å². The van der Waals surface area contributed by atoms with Crippen LogP contribution in [0, 0.1) is 6.92 Å². The van der Waals surface area contributed by atoms with Crippen LogP contribution in [0.3, 0.4) is 0 Å². The van der Waals surface area contributed by atoms with Crippen LogP contribution in [0.2, 0.25) is 0 Å². The summed E-state index contributed by atoms with van der Waals surface area (Å²) in [5.41, 5.74) is 0.763. The van der Waals surface area contributed by atoms with Gasteiger partial charge in [-0.25, -0.2) is 4.79 Å². The van der Waals surface area contributed by atoms with Crippen LogP contribution in [0.15, 0.2) is 10.6 Å². The zero-order valence-electron chi connectivity index (χ0n) is 13.2. The molecule has 1 fully saturated rings. The lowest BCUT2D eigenvalue weighted by atomic mass is 9.96. The van der Waals surface area contributed by atoms with Crippen LogP contribution >= 0.6 is 0 Å². The lowest BCUT2D eigenvalue weighted by Crippen LogP contribution is -2.47. The lowest BCUT2D eigenvalue weighted by molar-refractivity contribution is -0.121. The van der Waals surface area contributed by atoms with Crippen LogP contribution < -0.4 is 10.6 Å². The van der Waals surface area contributed by atoms with Gasteiger partial charge in [-0.1, -0.05) is 24.4 Å². The fourth-order valence-electron chi connectivity index (χ4n) is 2.70. The molecule has 2 N–H and O–H groups in total. The Kier molecular flexibility index (Phi) is 5.94. The molecule has 0 unspecified atom stereocenters. The molecule has 3 amide bonds. The highest BCUT2D eigenvalue weighted by Crippen LogP contribution is 2.17. The van der Waals surface area contributed by atoms with E-state index < -0.39 is 6.03 Å². The van der Waals surface area contributed by atoms with Gasteiger partial charge in [-0.3, -0.25) is 15.0 Å². The molecule has 0 bridgehead atoms. The number of nitrogens with zero attached hydrogens (tertiary/aromatic N) is 2. The summed E-state index contributed by atoms with van der Waals surface area (Å²) in [6.07, 6.45) is 5.49. The standard InChI is InChI=1S/C15H24N4O3/c1-11-8-13(18-22-11)9-19(2)10-14(20)17-15(21)16-12-6-4-3-5-7-12/h8,12H,3-7,9-10H2,1-2H3,(H2,16,17,20,21). The van der Waals surface area contributed by atoms with Gasteiger partial charge in [-0.05, 0) is 26.8 Å². The molecule has 0 saturated heterocycles. The van der Waals surface area contributed by atoms with Gasteiger partial charge in [0.05, 0.1) is 12.2 Å². The molecule has 1 aliphatic carbocycles. The van der Waals surface area contributed by atoms with E-state index in [0.717, 1.165) is 37.1 Å². The van der Waals surface area contributed by atoms with E-state index in [4.69, 9.17) is 4.52 Å². The Hall–Kier alpha value is -1.89. The highest BCUT2D eigenvalue weighted by atomic mass is 16.5. The van der Waals surface area contributed by atoms with E-state index in [1.54, 1.807) is 11.9 Å². The van der Waals surface area contributed by atoms with Gasteiger partial charge in [0.2, 0.25) is 5.91 Å². The number of amides is 3. The number of aromatic nitrogens is 1. The second-order valence-corrected chi connectivity index (χ2v) is 5.96. The second-order valence-electron chi connectivity index (χ2n) is 5.96. The summed E-state index contributed by atoms with van der Waals surface area (Å²) < 4.78 is 4.98.